The van der Waals surface area contributed by atoms with Crippen molar-refractivity contribution in [2.45, 2.75) is 45.4 Å². The molecule has 1 aromatic carbocycles. The van der Waals surface area contributed by atoms with Crippen LogP contribution in [0.3, 0.4) is 0 Å². The summed E-state index contributed by atoms with van der Waals surface area (Å²) in [6.07, 6.45) is 4.50. The maximum atomic E-state index is 12.3. The van der Waals surface area contributed by atoms with Gasteiger partial charge in [0.15, 0.2) is 5.82 Å². The Morgan fingerprint density at radius 3 is 2.82 bits per heavy atom. The van der Waals surface area contributed by atoms with E-state index in [-0.39, 0.29) is 12.7 Å². The number of fused-ring (bicyclic) bond motifs is 3. The molecule has 2 amide bonds. The molecule has 0 atom stereocenters. The van der Waals surface area contributed by atoms with E-state index >= 15 is 0 Å². The molecule has 1 aliphatic rings. The summed E-state index contributed by atoms with van der Waals surface area (Å²) in [6.45, 7) is 5.53. The number of amides is 2. The van der Waals surface area contributed by atoms with Gasteiger partial charge in [0.1, 0.15) is 11.3 Å². The molecule has 2 aromatic heterocycles. The molecule has 0 radical (unpaired) electrons. The van der Waals surface area contributed by atoms with Gasteiger partial charge in [-0.25, -0.2) is 20.0 Å². The number of para-hydroxylation sites is 1. The Balaban J connectivity index is 1.35. The van der Waals surface area contributed by atoms with Gasteiger partial charge >= 0.3 is 6.03 Å². The minimum Gasteiger partial charge on any atom is -0.382 e. The second-order valence-electron chi connectivity index (χ2n) is 8.73. The maximum absolute atomic E-state index is 12.3. The van der Waals surface area contributed by atoms with E-state index in [0.29, 0.717) is 45.2 Å². The summed E-state index contributed by atoms with van der Waals surface area (Å²) in [4.78, 5) is 23.5. The van der Waals surface area contributed by atoms with E-state index in [1.54, 1.807) is 4.90 Å². The predicted octanol–water partition coefficient (Wildman–Crippen LogP) is 3.11. The zero-order chi connectivity index (χ0) is 23.9. The number of imidazole rings is 1. The van der Waals surface area contributed by atoms with Crippen LogP contribution in [0.4, 0.5) is 10.6 Å². The third-order valence-electron chi connectivity index (χ3n) is 6.39. The van der Waals surface area contributed by atoms with Crippen LogP contribution in [0.1, 0.15) is 25.6 Å². The molecule has 1 saturated heterocycles. The van der Waals surface area contributed by atoms with Crippen molar-refractivity contribution in [3.05, 3.63) is 30.1 Å². The molecule has 3 aromatic rings. The normalized spacial score (nSPS) is 14.0. The summed E-state index contributed by atoms with van der Waals surface area (Å²) in [5.41, 5.74) is 8.87. The zero-order valence-electron chi connectivity index (χ0n) is 19.8. The number of anilines is 1. The van der Waals surface area contributed by atoms with Crippen LogP contribution in [0.25, 0.3) is 21.9 Å². The molecule has 0 aliphatic carbocycles. The largest absolute Gasteiger partial charge is 0.382 e. The number of carbonyl (C=O) groups excluding carboxylic acids is 1. The third kappa shape index (κ3) is 5.25. The lowest BCUT2D eigenvalue weighted by Crippen LogP contribution is -2.46. The predicted molar refractivity (Wildman–Crippen MR) is 135 cm³/mol. The number of unbranched alkanes of at least 4 members (excludes halogenated alkanes) is 1. The lowest BCUT2D eigenvalue weighted by Gasteiger charge is -2.28. The third-order valence-corrected chi connectivity index (χ3v) is 6.39. The lowest BCUT2D eigenvalue weighted by molar-refractivity contribution is 0.126. The van der Waals surface area contributed by atoms with Gasteiger partial charge in [-0.05, 0) is 25.1 Å². The molecule has 1 aliphatic heterocycles. The highest BCUT2D eigenvalue weighted by Gasteiger charge is 2.25. The number of pyridine rings is 1. The summed E-state index contributed by atoms with van der Waals surface area (Å²) in [5, 5.41) is 12.9. The minimum atomic E-state index is -0.0862. The Hall–Kier alpha value is -3.32. The molecule has 4 rings (SSSR count). The highest BCUT2D eigenvalue weighted by Crippen LogP contribution is 2.29. The number of aromatic nitrogens is 3. The fourth-order valence-electron chi connectivity index (χ4n) is 4.48. The molecular weight excluding hydrogens is 429 g/mol. The maximum Gasteiger partial charge on any atom is 0.317 e. The van der Waals surface area contributed by atoms with Gasteiger partial charge in [-0.3, -0.25) is 0 Å². The SMILES string of the molecule is CCCCc1nc2c(N)nc3ccccc3c2n1CCOCCNC(=O)N1CCB(C#N)CC1. The van der Waals surface area contributed by atoms with E-state index in [2.05, 4.69) is 33.8 Å². The Morgan fingerprint density at radius 2 is 2.06 bits per heavy atom. The van der Waals surface area contributed by atoms with Crippen LogP contribution in [0.2, 0.25) is 12.6 Å². The van der Waals surface area contributed by atoms with E-state index < -0.39 is 0 Å². The van der Waals surface area contributed by atoms with E-state index in [0.717, 1.165) is 59.7 Å². The van der Waals surface area contributed by atoms with Gasteiger partial charge in [0.2, 0.25) is 0 Å². The van der Waals surface area contributed by atoms with E-state index in [9.17, 15) is 4.79 Å². The number of hydrogen-bond donors (Lipinski definition) is 2. The first kappa shape index (κ1) is 23.8. The number of nitriles is 1. The van der Waals surface area contributed by atoms with Crippen molar-refractivity contribution >= 4 is 40.5 Å². The molecule has 0 unspecified atom stereocenters. The molecule has 9 nitrogen and oxygen atoms in total. The number of aryl methyl sites for hydroxylation is 1. The molecule has 3 N–H and O–H groups in total. The summed E-state index contributed by atoms with van der Waals surface area (Å²) < 4.78 is 8.07. The molecular formula is C24H32BN7O2. The molecule has 1 fully saturated rings. The number of carbonyl (C=O) groups is 1. The quantitative estimate of drug-likeness (QED) is 0.373. The minimum absolute atomic E-state index is 0.0668. The van der Waals surface area contributed by atoms with E-state index in [4.69, 9.17) is 20.7 Å². The van der Waals surface area contributed by atoms with Crippen LogP contribution in [0.5, 0.6) is 0 Å². The Bertz CT molecular complexity index is 1180. The smallest absolute Gasteiger partial charge is 0.317 e. The molecule has 3 heterocycles. The van der Waals surface area contributed by atoms with Crippen molar-refractivity contribution in [2.24, 2.45) is 0 Å². The zero-order valence-corrected chi connectivity index (χ0v) is 19.8. The van der Waals surface area contributed by atoms with Crippen LogP contribution in [0.15, 0.2) is 24.3 Å². The Labute approximate surface area is 200 Å². The number of nitrogens with two attached hydrogens (primary N) is 1. The fraction of sp³-hybridized carbons (Fsp3) is 0.500. The Kier molecular flexibility index (Phi) is 7.85. The molecule has 10 heteroatoms. The lowest BCUT2D eigenvalue weighted by atomic mass is 9.45. The van der Waals surface area contributed by atoms with Crippen LogP contribution in [-0.2, 0) is 17.7 Å². The highest BCUT2D eigenvalue weighted by molar-refractivity contribution is 6.67. The van der Waals surface area contributed by atoms with Crippen molar-refractivity contribution in [1.82, 2.24) is 24.8 Å². The standard InChI is InChI=1S/C24H32BN7O2/c1-2-3-8-20-30-21-22(18-6-4-5-7-19(18)29-23(21)27)32(20)14-16-34-15-11-28-24(33)31-12-9-25(17-26)10-13-31/h4-7H,2-3,8-16H2,1H3,(H2,27,29)(H,28,33). The summed E-state index contributed by atoms with van der Waals surface area (Å²) in [5.74, 6) is 3.74. The summed E-state index contributed by atoms with van der Waals surface area (Å²) >= 11 is 0. The topological polar surface area (TPSA) is 122 Å². The van der Waals surface area contributed by atoms with Gasteiger partial charge in [-0.2, -0.15) is 0 Å². The highest BCUT2D eigenvalue weighted by atomic mass is 16.5. The summed E-state index contributed by atoms with van der Waals surface area (Å²) in [7, 11) is 0. The van der Waals surface area contributed by atoms with Crippen molar-refractivity contribution in [1.29, 1.82) is 5.26 Å². The number of nitrogen functional groups attached to an aromatic ring is 1. The van der Waals surface area contributed by atoms with Crippen molar-refractivity contribution in [3.8, 4) is 5.97 Å². The van der Waals surface area contributed by atoms with Crippen LogP contribution in [-0.4, -0.2) is 65.0 Å². The second kappa shape index (κ2) is 11.2. The van der Waals surface area contributed by atoms with Crippen molar-refractivity contribution in [2.75, 3.05) is 38.6 Å². The average molecular weight is 461 g/mol. The van der Waals surface area contributed by atoms with Gasteiger partial charge in [-0.15, -0.1) is 0 Å². The molecule has 178 valence electrons. The number of nitrogens with one attached hydrogen (secondary N) is 1. The summed E-state index contributed by atoms with van der Waals surface area (Å²) in [6, 6.07) is 7.90. The first-order valence-corrected chi connectivity index (χ1v) is 12.2. The molecule has 0 saturated carbocycles. The van der Waals surface area contributed by atoms with E-state index in [1.807, 2.05) is 18.2 Å². The van der Waals surface area contributed by atoms with Crippen LogP contribution in [0, 0.1) is 11.2 Å². The number of ether oxygens (including phenoxy) is 1. The number of rotatable bonds is 9. The number of benzene rings is 1. The molecule has 0 spiro atoms. The van der Waals surface area contributed by atoms with E-state index in [1.165, 1.54) is 0 Å². The van der Waals surface area contributed by atoms with Crippen LogP contribution >= 0.6 is 0 Å². The van der Waals surface area contributed by atoms with Gasteiger partial charge in [-0.1, -0.05) is 31.5 Å². The number of hydrogen-bond acceptors (Lipinski definition) is 6. The van der Waals surface area contributed by atoms with Gasteiger partial charge < -0.3 is 25.3 Å². The number of urea groups is 1. The van der Waals surface area contributed by atoms with Gasteiger partial charge in [0, 0.05) is 44.0 Å². The fourth-order valence-corrected chi connectivity index (χ4v) is 4.48. The monoisotopic (exact) mass is 461 g/mol. The van der Waals surface area contributed by atoms with Gasteiger partial charge in [0.25, 0.3) is 6.71 Å². The van der Waals surface area contributed by atoms with Crippen molar-refractivity contribution in [3.63, 3.8) is 0 Å². The van der Waals surface area contributed by atoms with Gasteiger partial charge in [0.05, 0.1) is 24.2 Å². The van der Waals surface area contributed by atoms with Crippen molar-refractivity contribution < 1.29 is 9.53 Å². The second-order valence-corrected chi connectivity index (χ2v) is 8.73. The number of nitrogens with zero attached hydrogens (tertiary/aromatic N) is 5. The van der Waals surface area contributed by atoms with Crippen LogP contribution < -0.4 is 11.1 Å². The Morgan fingerprint density at radius 1 is 1.26 bits per heavy atom. The molecule has 0 bridgehead atoms. The first-order valence-electron chi connectivity index (χ1n) is 12.2. The molecule has 34 heavy (non-hydrogen) atoms. The first-order chi connectivity index (χ1) is 16.6. The average Bonchev–Trinajstić information content (AvgIpc) is 3.24.